The smallest absolute Gasteiger partial charge is 0.317 e. The van der Waals surface area contributed by atoms with Gasteiger partial charge >= 0.3 is 12.0 Å². The molecular weight excluding hydrogens is 340 g/mol. The summed E-state index contributed by atoms with van der Waals surface area (Å²) in [4.78, 5) is 24.1. The monoisotopic (exact) mass is 358 g/mol. The van der Waals surface area contributed by atoms with Crippen molar-refractivity contribution in [1.82, 2.24) is 20.0 Å². The van der Waals surface area contributed by atoms with Gasteiger partial charge in [-0.1, -0.05) is 0 Å². The Hall–Kier alpha value is -1.57. The molecule has 1 aliphatic heterocycles. The third-order valence-electron chi connectivity index (χ3n) is 3.54. The number of carbonyl (C=O) groups is 2. The predicted octanol–water partition coefficient (Wildman–Crippen LogP) is 1.86. The van der Waals surface area contributed by atoms with E-state index >= 15 is 0 Å². The highest BCUT2D eigenvalue weighted by Crippen LogP contribution is 2.23. The lowest BCUT2D eigenvalue weighted by molar-refractivity contribution is -0.137. The summed E-state index contributed by atoms with van der Waals surface area (Å²) in [6.45, 7) is 1.77. The molecule has 0 saturated carbocycles. The van der Waals surface area contributed by atoms with Crippen LogP contribution < -0.4 is 5.32 Å². The number of nitrogens with one attached hydrogen (secondary N) is 1. The maximum atomic E-state index is 11.9. The van der Waals surface area contributed by atoms with Crippen molar-refractivity contribution in [2.24, 2.45) is 0 Å². The maximum absolute atomic E-state index is 11.9. The van der Waals surface area contributed by atoms with E-state index in [1.165, 1.54) is 0 Å². The Morgan fingerprint density at radius 2 is 2.14 bits per heavy atom. The third kappa shape index (κ3) is 4.73. The van der Waals surface area contributed by atoms with Crippen molar-refractivity contribution in [3.8, 4) is 0 Å². The number of urea groups is 1. The minimum Gasteiger partial charge on any atom is -0.481 e. The van der Waals surface area contributed by atoms with Gasteiger partial charge in [0.15, 0.2) is 0 Å². The topological polar surface area (TPSA) is 87.5 Å². The standard InChI is InChI=1S/C13H19BrN4O3/c14-10-8-16-18(9-10)11-3-6-17(7-4-11)13(21)15-5-1-2-12(19)20/h8-9,11H,1-7H2,(H,15,21)(H,19,20). The first-order valence-electron chi connectivity index (χ1n) is 7.00. The number of nitrogens with zero attached hydrogens (tertiary/aromatic N) is 3. The van der Waals surface area contributed by atoms with Gasteiger partial charge in [-0.05, 0) is 35.2 Å². The van der Waals surface area contributed by atoms with Crippen LogP contribution in [0.4, 0.5) is 4.79 Å². The van der Waals surface area contributed by atoms with Gasteiger partial charge in [0.1, 0.15) is 0 Å². The van der Waals surface area contributed by atoms with E-state index in [0.717, 1.165) is 17.3 Å². The van der Waals surface area contributed by atoms with Crippen LogP contribution in [0.5, 0.6) is 0 Å². The van der Waals surface area contributed by atoms with Gasteiger partial charge in [0.05, 0.1) is 16.7 Å². The predicted molar refractivity (Wildman–Crippen MR) is 80.0 cm³/mol. The van der Waals surface area contributed by atoms with E-state index in [4.69, 9.17) is 5.11 Å². The first kappa shape index (κ1) is 15.8. The first-order valence-corrected chi connectivity index (χ1v) is 7.80. The maximum Gasteiger partial charge on any atom is 0.317 e. The molecule has 2 rings (SSSR count). The summed E-state index contributed by atoms with van der Waals surface area (Å²) < 4.78 is 2.90. The molecule has 116 valence electrons. The van der Waals surface area contributed by atoms with Crippen LogP contribution in [0.1, 0.15) is 31.7 Å². The zero-order chi connectivity index (χ0) is 15.2. The largest absolute Gasteiger partial charge is 0.481 e. The zero-order valence-electron chi connectivity index (χ0n) is 11.7. The fraction of sp³-hybridized carbons (Fsp3) is 0.615. The lowest BCUT2D eigenvalue weighted by Crippen LogP contribution is -2.45. The Morgan fingerprint density at radius 3 is 2.71 bits per heavy atom. The highest BCUT2D eigenvalue weighted by molar-refractivity contribution is 9.10. The van der Waals surface area contributed by atoms with E-state index < -0.39 is 5.97 Å². The Kier molecular flexibility index (Phi) is 5.60. The van der Waals surface area contributed by atoms with Gasteiger partial charge in [-0.25, -0.2) is 4.79 Å². The van der Waals surface area contributed by atoms with Crippen LogP contribution in [0.15, 0.2) is 16.9 Å². The molecule has 0 radical (unpaired) electrons. The Morgan fingerprint density at radius 1 is 1.43 bits per heavy atom. The van der Waals surface area contributed by atoms with Crippen LogP contribution in [-0.4, -0.2) is 51.4 Å². The summed E-state index contributed by atoms with van der Waals surface area (Å²) in [6, 6.07) is 0.216. The Bertz CT molecular complexity index is 497. The number of carbonyl (C=O) groups excluding carboxylic acids is 1. The SMILES string of the molecule is O=C(O)CCCNC(=O)N1CCC(n2cc(Br)cn2)CC1. The van der Waals surface area contributed by atoms with Crippen LogP contribution in [0.25, 0.3) is 0 Å². The van der Waals surface area contributed by atoms with Crippen molar-refractivity contribution in [1.29, 1.82) is 0 Å². The number of halogens is 1. The molecule has 0 atom stereocenters. The van der Waals surface area contributed by atoms with E-state index in [0.29, 0.717) is 32.1 Å². The summed E-state index contributed by atoms with van der Waals surface area (Å²) >= 11 is 3.38. The van der Waals surface area contributed by atoms with E-state index in [1.807, 2.05) is 10.9 Å². The zero-order valence-corrected chi connectivity index (χ0v) is 13.3. The summed E-state index contributed by atoms with van der Waals surface area (Å²) in [7, 11) is 0. The molecule has 0 aliphatic carbocycles. The van der Waals surface area contributed by atoms with Crippen LogP contribution >= 0.6 is 15.9 Å². The number of amides is 2. The minimum atomic E-state index is -0.838. The number of hydrogen-bond donors (Lipinski definition) is 2. The van der Waals surface area contributed by atoms with Gasteiger partial charge in [-0.2, -0.15) is 5.10 Å². The summed E-state index contributed by atoms with van der Waals surface area (Å²) in [5.41, 5.74) is 0. The number of rotatable bonds is 5. The van der Waals surface area contributed by atoms with Crippen molar-refractivity contribution >= 4 is 27.9 Å². The van der Waals surface area contributed by atoms with Gasteiger partial charge in [0, 0.05) is 32.3 Å². The summed E-state index contributed by atoms with van der Waals surface area (Å²) in [5, 5.41) is 15.6. The second-order valence-electron chi connectivity index (χ2n) is 5.09. The molecule has 1 aromatic rings. The minimum absolute atomic E-state index is 0.0799. The van der Waals surface area contributed by atoms with Gasteiger partial charge in [-0.3, -0.25) is 9.48 Å². The molecule has 2 N–H and O–H groups in total. The van der Waals surface area contributed by atoms with Crippen molar-refractivity contribution in [2.75, 3.05) is 19.6 Å². The molecule has 0 spiro atoms. The van der Waals surface area contributed by atoms with E-state index in [2.05, 4.69) is 26.3 Å². The van der Waals surface area contributed by atoms with Crippen LogP contribution in [0, 0.1) is 0 Å². The van der Waals surface area contributed by atoms with Crippen molar-refractivity contribution in [3.05, 3.63) is 16.9 Å². The molecule has 8 heteroatoms. The molecule has 1 aromatic heterocycles. The number of likely N-dealkylation sites (tertiary alicyclic amines) is 1. The highest BCUT2D eigenvalue weighted by Gasteiger charge is 2.23. The fourth-order valence-electron chi connectivity index (χ4n) is 2.39. The lowest BCUT2D eigenvalue weighted by Gasteiger charge is -2.32. The Labute approximate surface area is 131 Å². The van der Waals surface area contributed by atoms with Gasteiger partial charge in [0.2, 0.25) is 0 Å². The lowest BCUT2D eigenvalue weighted by atomic mass is 10.1. The molecule has 0 unspecified atom stereocenters. The molecule has 1 aliphatic rings. The van der Waals surface area contributed by atoms with Crippen molar-refractivity contribution in [3.63, 3.8) is 0 Å². The van der Waals surface area contributed by atoms with Gasteiger partial charge < -0.3 is 15.3 Å². The van der Waals surface area contributed by atoms with Crippen LogP contribution in [0.2, 0.25) is 0 Å². The molecule has 1 saturated heterocycles. The second kappa shape index (κ2) is 7.44. The molecule has 21 heavy (non-hydrogen) atoms. The number of piperidine rings is 1. The van der Waals surface area contributed by atoms with Gasteiger partial charge in [0.25, 0.3) is 0 Å². The highest BCUT2D eigenvalue weighted by atomic mass is 79.9. The van der Waals surface area contributed by atoms with E-state index in [1.54, 1.807) is 11.1 Å². The molecule has 2 amide bonds. The van der Waals surface area contributed by atoms with Crippen molar-refractivity contribution in [2.45, 2.75) is 31.7 Å². The van der Waals surface area contributed by atoms with Crippen molar-refractivity contribution < 1.29 is 14.7 Å². The summed E-state index contributed by atoms with van der Waals surface area (Å²) in [6.07, 6.45) is 6.00. The average Bonchev–Trinajstić information content (AvgIpc) is 2.90. The first-order chi connectivity index (χ1) is 10.1. The van der Waals surface area contributed by atoms with Crippen LogP contribution in [-0.2, 0) is 4.79 Å². The molecule has 1 fully saturated rings. The normalized spacial score (nSPS) is 16.0. The van der Waals surface area contributed by atoms with E-state index in [9.17, 15) is 9.59 Å². The second-order valence-corrected chi connectivity index (χ2v) is 6.00. The molecule has 0 bridgehead atoms. The number of hydrogen-bond acceptors (Lipinski definition) is 3. The number of carboxylic acid groups (broad SMARTS) is 1. The fourth-order valence-corrected chi connectivity index (χ4v) is 2.70. The average molecular weight is 359 g/mol. The van der Waals surface area contributed by atoms with Gasteiger partial charge in [-0.15, -0.1) is 0 Å². The summed E-state index contributed by atoms with van der Waals surface area (Å²) in [5.74, 6) is -0.838. The molecule has 2 heterocycles. The molecular formula is C13H19BrN4O3. The number of aliphatic carboxylic acids is 1. The van der Waals surface area contributed by atoms with E-state index in [-0.39, 0.29) is 12.5 Å². The van der Waals surface area contributed by atoms with Crippen LogP contribution in [0.3, 0.4) is 0 Å². The quantitative estimate of drug-likeness (QED) is 0.786. The number of aromatic nitrogens is 2. The Balaban J connectivity index is 1.70. The number of carboxylic acids is 1. The molecule has 7 nitrogen and oxygen atoms in total. The molecule has 0 aromatic carbocycles. The third-order valence-corrected chi connectivity index (χ3v) is 3.95.